The first-order valence-electron chi connectivity index (χ1n) is 6.17. The van der Waals surface area contributed by atoms with Gasteiger partial charge in [0.2, 0.25) is 5.91 Å². The van der Waals surface area contributed by atoms with Crippen LogP contribution in [0.25, 0.3) is 0 Å². The molecule has 0 aliphatic carbocycles. The minimum absolute atomic E-state index is 0.211. The van der Waals surface area contributed by atoms with Gasteiger partial charge in [0, 0.05) is 0 Å². The van der Waals surface area contributed by atoms with Crippen LogP contribution in [0.4, 0.5) is 0 Å². The fourth-order valence-electron chi connectivity index (χ4n) is 1.53. The molecule has 0 aromatic heterocycles. The summed E-state index contributed by atoms with van der Waals surface area (Å²) in [6, 6.07) is -1.45. The minimum Gasteiger partial charge on any atom is -0.480 e. The van der Waals surface area contributed by atoms with Crippen LogP contribution in [0, 0.1) is 5.92 Å². The van der Waals surface area contributed by atoms with Gasteiger partial charge in [-0.2, -0.15) is 0 Å². The number of nitrogens with two attached hydrogens (primary N) is 1. The lowest BCUT2D eigenvalue weighted by molar-refractivity contribution is -0.142. The maximum atomic E-state index is 11.6. The Morgan fingerprint density at radius 3 is 2.35 bits per heavy atom. The van der Waals surface area contributed by atoms with E-state index in [9.17, 15) is 9.59 Å². The van der Waals surface area contributed by atoms with Crippen LogP contribution < -0.4 is 11.1 Å². The van der Waals surface area contributed by atoms with Crippen LogP contribution in [0.15, 0.2) is 0 Å². The van der Waals surface area contributed by atoms with E-state index in [1.807, 2.05) is 20.8 Å². The average Bonchev–Trinajstić information content (AvgIpc) is 2.23. The van der Waals surface area contributed by atoms with Crippen LogP contribution in [-0.2, 0) is 9.59 Å². The van der Waals surface area contributed by atoms with E-state index >= 15 is 0 Å². The lowest BCUT2D eigenvalue weighted by Gasteiger charge is -2.19. The van der Waals surface area contributed by atoms with E-state index < -0.39 is 18.1 Å². The third-order valence-electron chi connectivity index (χ3n) is 2.53. The van der Waals surface area contributed by atoms with Crippen molar-refractivity contribution in [2.24, 2.45) is 11.7 Å². The number of rotatable bonds is 8. The van der Waals surface area contributed by atoms with Gasteiger partial charge in [-0.25, -0.2) is 4.79 Å². The third kappa shape index (κ3) is 6.94. The van der Waals surface area contributed by atoms with Gasteiger partial charge in [0.05, 0.1) is 6.04 Å². The summed E-state index contributed by atoms with van der Waals surface area (Å²) in [6.45, 7) is 5.85. The van der Waals surface area contributed by atoms with Crippen molar-refractivity contribution in [3.05, 3.63) is 0 Å². The minimum atomic E-state index is -1.00. The monoisotopic (exact) mass is 244 g/mol. The van der Waals surface area contributed by atoms with Crippen LogP contribution in [0.3, 0.4) is 0 Å². The standard InChI is InChI=1S/C12H24N2O3/c1-4-5-6-9(13)11(15)14-10(12(16)17)7-8(2)3/h8-10H,4-7,13H2,1-3H3,(H,14,15)(H,16,17)/t9?,10-/m1/s1. The summed E-state index contributed by atoms with van der Waals surface area (Å²) in [5, 5.41) is 11.5. The van der Waals surface area contributed by atoms with Gasteiger partial charge in [-0.1, -0.05) is 33.6 Å². The first-order chi connectivity index (χ1) is 7.88. The molecule has 0 heterocycles. The lowest BCUT2D eigenvalue weighted by atomic mass is 10.0. The molecule has 0 spiro atoms. The second-order valence-electron chi connectivity index (χ2n) is 4.78. The highest BCUT2D eigenvalue weighted by molar-refractivity contribution is 5.86. The number of hydrogen-bond acceptors (Lipinski definition) is 3. The molecular formula is C12H24N2O3. The van der Waals surface area contributed by atoms with Gasteiger partial charge in [0.1, 0.15) is 6.04 Å². The van der Waals surface area contributed by atoms with Crippen molar-refractivity contribution in [2.45, 2.75) is 58.5 Å². The normalized spacial score (nSPS) is 14.4. The van der Waals surface area contributed by atoms with E-state index in [1.54, 1.807) is 0 Å². The Labute approximate surface area is 103 Å². The van der Waals surface area contributed by atoms with Gasteiger partial charge in [0.15, 0.2) is 0 Å². The summed E-state index contributed by atoms with van der Waals surface area (Å²) in [7, 11) is 0. The third-order valence-corrected chi connectivity index (χ3v) is 2.53. The molecule has 4 N–H and O–H groups in total. The lowest BCUT2D eigenvalue weighted by Crippen LogP contribution is -2.48. The summed E-state index contributed by atoms with van der Waals surface area (Å²) in [5.41, 5.74) is 5.68. The topological polar surface area (TPSA) is 92.4 Å². The Morgan fingerprint density at radius 2 is 1.94 bits per heavy atom. The average molecular weight is 244 g/mol. The number of hydrogen-bond donors (Lipinski definition) is 3. The maximum Gasteiger partial charge on any atom is 0.326 e. The van der Waals surface area contributed by atoms with Gasteiger partial charge in [0.25, 0.3) is 0 Å². The van der Waals surface area contributed by atoms with Gasteiger partial charge in [-0.15, -0.1) is 0 Å². The zero-order valence-electron chi connectivity index (χ0n) is 10.9. The molecule has 5 heteroatoms. The number of carbonyl (C=O) groups is 2. The highest BCUT2D eigenvalue weighted by Gasteiger charge is 2.23. The Morgan fingerprint density at radius 1 is 1.35 bits per heavy atom. The van der Waals surface area contributed by atoms with E-state index in [0.717, 1.165) is 12.8 Å². The molecule has 1 unspecified atom stereocenters. The van der Waals surface area contributed by atoms with Gasteiger partial charge < -0.3 is 16.2 Å². The van der Waals surface area contributed by atoms with Gasteiger partial charge in [-0.05, 0) is 18.8 Å². The van der Waals surface area contributed by atoms with Crippen molar-refractivity contribution in [1.82, 2.24) is 5.32 Å². The van der Waals surface area contributed by atoms with Crippen molar-refractivity contribution in [3.63, 3.8) is 0 Å². The number of carboxylic acids is 1. The summed E-state index contributed by atoms with van der Waals surface area (Å²) in [5.74, 6) is -1.16. The number of unbranched alkanes of at least 4 members (excludes halogenated alkanes) is 1. The van der Waals surface area contributed by atoms with Crippen molar-refractivity contribution >= 4 is 11.9 Å². The van der Waals surface area contributed by atoms with Crippen LogP contribution in [0.2, 0.25) is 0 Å². The van der Waals surface area contributed by atoms with Crippen LogP contribution in [0.5, 0.6) is 0 Å². The van der Waals surface area contributed by atoms with Gasteiger partial charge in [-0.3, -0.25) is 4.79 Å². The molecule has 0 fully saturated rings. The first kappa shape index (κ1) is 15.9. The Kier molecular flexibility index (Phi) is 7.54. The van der Waals surface area contributed by atoms with E-state index in [2.05, 4.69) is 5.32 Å². The molecule has 0 aliphatic heterocycles. The second-order valence-corrected chi connectivity index (χ2v) is 4.78. The summed E-state index contributed by atoms with van der Waals surface area (Å²) < 4.78 is 0. The zero-order chi connectivity index (χ0) is 13.4. The molecular weight excluding hydrogens is 220 g/mol. The molecule has 0 aromatic carbocycles. The molecule has 2 atom stereocenters. The van der Waals surface area contributed by atoms with Crippen molar-refractivity contribution in [1.29, 1.82) is 0 Å². The quantitative estimate of drug-likeness (QED) is 0.596. The Hall–Kier alpha value is -1.10. The number of nitrogens with one attached hydrogen (secondary N) is 1. The summed E-state index contributed by atoms with van der Waals surface area (Å²) in [6.07, 6.45) is 2.85. The molecule has 1 amide bonds. The summed E-state index contributed by atoms with van der Waals surface area (Å²) in [4.78, 5) is 22.6. The highest BCUT2D eigenvalue weighted by Crippen LogP contribution is 2.06. The maximum absolute atomic E-state index is 11.6. The van der Waals surface area contributed by atoms with Crippen LogP contribution in [0.1, 0.15) is 46.5 Å². The second kappa shape index (κ2) is 8.06. The molecule has 0 aliphatic rings. The number of carbonyl (C=O) groups excluding carboxylic acids is 1. The smallest absolute Gasteiger partial charge is 0.326 e. The Bertz CT molecular complexity index is 254. The molecule has 100 valence electrons. The molecule has 0 aromatic rings. The Balaban J connectivity index is 4.25. The number of amides is 1. The van der Waals surface area contributed by atoms with Crippen molar-refractivity contribution < 1.29 is 14.7 Å². The molecule has 0 saturated heterocycles. The van der Waals surface area contributed by atoms with Crippen LogP contribution >= 0.6 is 0 Å². The fraction of sp³-hybridized carbons (Fsp3) is 0.833. The number of carboxylic acid groups (broad SMARTS) is 1. The SMILES string of the molecule is CCCCC(N)C(=O)N[C@H](CC(C)C)C(=O)O. The van der Waals surface area contributed by atoms with E-state index in [1.165, 1.54) is 0 Å². The molecule has 0 radical (unpaired) electrons. The molecule has 0 saturated carbocycles. The highest BCUT2D eigenvalue weighted by atomic mass is 16.4. The summed E-state index contributed by atoms with van der Waals surface area (Å²) >= 11 is 0. The van der Waals surface area contributed by atoms with E-state index in [4.69, 9.17) is 10.8 Å². The van der Waals surface area contributed by atoms with Crippen molar-refractivity contribution in [2.75, 3.05) is 0 Å². The zero-order valence-corrected chi connectivity index (χ0v) is 10.9. The van der Waals surface area contributed by atoms with E-state index in [-0.39, 0.29) is 11.8 Å². The van der Waals surface area contributed by atoms with Crippen LogP contribution in [-0.4, -0.2) is 29.1 Å². The first-order valence-corrected chi connectivity index (χ1v) is 6.17. The number of aliphatic carboxylic acids is 1. The molecule has 0 bridgehead atoms. The van der Waals surface area contributed by atoms with Gasteiger partial charge >= 0.3 is 5.97 Å². The largest absolute Gasteiger partial charge is 0.480 e. The molecule has 17 heavy (non-hydrogen) atoms. The van der Waals surface area contributed by atoms with E-state index in [0.29, 0.717) is 12.8 Å². The predicted octanol–water partition coefficient (Wildman–Crippen LogP) is 1.12. The fourth-order valence-corrected chi connectivity index (χ4v) is 1.53. The molecule has 0 rings (SSSR count). The molecule has 5 nitrogen and oxygen atoms in total. The predicted molar refractivity (Wildman–Crippen MR) is 66.5 cm³/mol. The van der Waals surface area contributed by atoms with Crippen molar-refractivity contribution in [3.8, 4) is 0 Å².